The number of unbranched alkanes of at least 4 members (excludes halogenated alkanes) is 19. The Hall–Kier alpha value is -1.10. The highest BCUT2D eigenvalue weighted by atomic mass is 16.6. The van der Waals surface area contributed by atoms with Gasteiger partial charge in [0.15, 0.2) is 0 Å². The summed E-state index contributed by atoms with van der Waals surface area (Å²) in [5, 5.41) is 0. The highest BCUT2D eigenvalue weighted by Crippen LogP contribution is 2.21. The van der Waals surface area contributed by atoms with Crippen LogP contribution in [0, 0.1) is 5.92 Å². The minimum absolute atomic E-state index is 0.0219. The van der Waals surface area contributed by atoms with E-state index in [4.69, 9.17) is 9.47 Å². The zero-order valence-electron chi connectivity index (χ0n) is 29.7. The molecule has 0 aromatic rings. The number of esters is 2. The van der Waals surface area contributed by atoms with E-state index in [1.54, 1.807) is 0 Å². The van der Waals surface area contributed by atoms with E-state index in [9.17, 15) is 9.59 Å². The van der Waals surface area contributed by atoms with Crippen LogP contribution in [0.3, 0.4) is 0 Å². The SMILES string of the molecule is CCCCCCCCCCCCCCC(COC(=O)C(CCCCCCC)CCCCCCC)OC(=O)CCCN(C)C. The third-order valence-electron chi connectivity index (χ3n) is 8.72. The summed E-state index contributed by atoms with van der Waals surface area (Å²) in [6, 6.07) is 0. The molecule has 0 heterocycles. The van der Waals surface area contributed by atoms with Crippen molar-refractivity contribution in [2.24, 2.45) is 5.92 Å². The van der Waals surface area contributed by atoms with Gasteiger partial charge in [-0.15, -0.1) is 0 Å². The van der Waals surface area contributed by atoms with Crippen LogP contribution < -0.4 is 0 Å². The van der Waals surface area contributed by atoms with Crippen molar-refractivity contribution in [3.05, 3.63) is 0 Å². The highest BCUT2D eigenvalue weighted by molar-refractivity contribution is 5.72. The molecule has 256 valence electrons. The zero-order valence-corrected chi connectivity index (χ0v) is 29.7. The Bertz CT molecular complexity index is 595. The van der Waals surface area contributed by atoms with Gasteiger partial charge < -0.3 is 14.4 Å². The molecule has 0 saturated heterocycles. The van der Waals surface area contributed by atoms with Crippen LogP contribution in [0.4, 0.5) is 0 Å². The maximum absolute atomic E-state index is 13.2. The predicted molar refractivity (Wildman–Crippen MR) is 185 cm³/mol. The van der Waals surface area contributed by atoms with E-state index in [-0.39, 0.29) is 30.6 Å². The van der Waals surface area contributed by atoms with E-state index < -0.39 is 0 Å². The fourth-order valence-corrected chi connectivity index (χ4v) is 5.84. The van der Waals surface area contributed by atoms with Crippen LogP contribution in [0.1, 0.15) is 194 Å². The third kappa shape index (κ3) is 29.4. The number of ether oxygens (including phenoxy) is 2. The molecular weight excluding hydrogens is 534 g/mol. The Labute approximate surface area is 269 Å². The van der Waals surface area contributed by atoms with E-state index >= 15 is 0 Å². The van der Waals surface area contributed by atoms with E-state index in [1.165, 1.54) is 116 Å². The van der Waals surface area contributed by atoms with Gasteiger partial charge in [0.05, 0.1) is 5.92 Å². The van der Waals surface area contributed by atoms with Gasteiger partial charge in [0.2, 0.25) is 0 Å². The number of hydrogen-bond donors (Lipinski definition) is 0. The van der Waals surface area contributed by atoms with Gasteiger partial charge in [0.1, 0.15) is 12.7 Å². The summed E-state index contributed by atoms with van der Waals surface area (Å²) in [7, 11) is 4.04. The van der Waals surface area contributed by atoms with Crippen molar-refractivity contribution in [3.8, 4) is 0 Å². The minimum Gasteiger partial charge on any atom is -0.462 e. The van der Waals surface area contributed by atoms with Crippen LogP contribution in [0.5, 0.6) is 0 Å². The first-order chi connectivity index (χ1) is 20.9. The van der Waals surface area contributed by atoms with Crippen LogP contribution in [0.25, 0.3) is 0 Å². The Morgan fingerprint density at radius 3 is 1.35 bits per heavy atom. The maximum atomic E-state index is 13.2. The fraction of sp³-hybridized carbons (Fsp3) is 0.947. The molecule has 0 bridgehead atoms. The number of nitrogens with zero attached hydrogens (tertiary/aromatic N) is 1. The van der Waals surface area contributed by atoms with Crippen molar-refractivity contribution in [2.45, 2.75) is 200 Å². The fourth-order valence-electron chi connectivity index (χ4n) is 5.84. The molecule has 0 spiro atoms. The quantitative estimate of drug-likeness (QED) is 0.0547. The van der Waals surface area contributed by atoms with Crippen molar-refractivity contribution in [1.29, 1.82) is 0 Å². The Morgan fingerprint density at radius 1 is 0.535 bits per heavy atom. The van der Waals surface area contributed by atoms with Crippen LogP contribution in [0.15, 0.2) is 0 Å². The lowest BCUT2D eigenvalue weighted by Crippen LogP contribution is -2.28. The summed E-state index contributed by atoms with van der Waals surface area (Å²) in [6.45, 7) is 7.82. The number of carbonyl (C=O) groups excluding carboxylic acids is 2. The van der Waals surface area contributed by atoms with Gasteiger partial charge in [-0.3, -0.25) is 9.59 Å². The highest BCUT2D eigenvalue weighted by Gasteiger charge is 2.22. The molecule has 0 rings (SSSR count). The van der Waals surface area contributed by atoms with Gasteiger partial charge >= 0.3 is 11.9 Å². The van der Waals surface area contributed by atoms with Crippen molar-refractivity contribution in [1.82, 2.24) is 4.90 Å². The molecule has 0 aliphatic heterocycles. The minimum atomic E-state index is -0.325. The summed E-state index contributed by atoms with van der Waals surface area (Å²) in [5.41, 5.74) is 0. The number of rotatable bonds is 33. The molecule has 0 amide bonds. The predicted octanol–water partition coefficient (Wildman–Crippen LogP) is 11.2. The first-order valence-corrected chi connectivity index (χ1v) is 18.9. The molecule has 0 aromatic heterocycles. The van der Waals surface area contributed by atoms with E-state index in [0.29, 0.717) is 6.42 Å². The van der Waals surface area contributed by atoms with Crippen LogP contribution in [-0.4, -0.2) is 50.2 Å². The summed E-state index contributed by atoms with van der Waals surface area (Å²) < 4.78 is 11.8. The molecule has 0 aliphatic rings. The van der Waals surface area contributed by atoms with Gasteiger partial charge in [0.25, 0.3) is 0 Å². The van der Waals surface area contributed by atoms with Crippen molar-refractivity contribution < 1.29 is 19.1 Å². The maximum Gasteiger partial charge on any atom is 0.309 e. The van der Waals surface area contributed by atoms with Crippen LogP contribution in [-0.2, 0) is 19.1 Å². The topological polar surface area (TPSA) is 55.8 Å². The van der Waals surface area contributed by atoms with Gasteiger partial charge in [-0.25, -0.2) is 0 Å². The Balaban J connectivity index is 4.68. The molecule has 1 unspecified atom stereocenters. The first-order valence-electron chi connectivity index (χ1n) is 18.9. The van der Waals surface area contributed by atoms with Gasteiger partial charge in [-0.05, 0) is 52.7 Å². The van der Waals surface area contributed by atoms with Gasteiger partial charge in [0, 0.05) is 6.42 Å². The molecule has 5 nitrogen and oxygen atoms in total. The Morgan fingerprint density at radius 2 is 0.930 bits per heavy atom. The van der Waals surface area contributed by atoms with E-state index in [0.717, 1.165) is 57.9 Å². The second-order valence-electron chi connectivity index (χ2n) is 13.4. The van der Waals surface area contributed by atoms with Crippen molar-refractivity contribution >= 4 is 11.9 Å². The largest absolute Gasteiger partial charge is 0.462 e. The lowest BCUT2D eigenvalue weighted by Gasteiger charge is -2.21. The molecule has 0 radical (unpaired) electrons. The molecular formula is C38H75NO4. The third-order valence-corrected chi connectivity index (χ3v) is 8.72. The molecule has 0 saturated carbocycles. The van der Waals surface area contributed by atoms with Crippen LogP contribution >= 0.6 is 0 Å². The molecule has 1 atom stereocenters. The van der Waals surface area contributed by atoms with Gasteiger partial charge in [-0.1, -0.05) is 156 Å². The number of carbonyl (C=O) groups is 2. The molecule has 0 N–H and O–H groups in total. The molecule has 0 aromatic carbocycles. The smallest absolute Gasteiger partial charge is 0.309 e. The second-order valence-corrected chi connectivity index (χ2v) is 13.4. The van der Waals surface area contributed by atoms with Crippen molar-refractivity contribution in [3.63, 3.8) is 0 Å². The van der Waals surface area contributed by atoms with Crippen LogP contribution in [0.2, 0.25) is 0 Å². The summed E-state index contributed by atoms with van der Waals surface area (Å²) in [6.07, 6.45) is 31.2. The molecule has 0 aliphatic carbocycles. The lowest BCUT2D eigenvalue weighted by molar-refractivity contribution is -0.162. The summed E-state index contributed by atoms with van der Waals surface area (Å²) >= 11 is 0. The first kappa shape index (κ1) is 41.9. The average Bonchev–Trinajstić information content (AvgIpc) is 2.98. The monoisotopic (exact) mass is 610 g/mol. The van der Waals surface area contributed by atoms with Crippen molar-refractivity contribution in [2.75, 3.05) is 27.2 Å². The summed E-state index contributed by atoms with van der Waals surface area (Å²) in [5.74, 6) is -0.258. The molecule has 5 heteroatoms. The zero-order chi connectivity index (χ0) is 31.8. The van der Waals surface area contributed by atoms with E-state index in [1.807, 2.05) is 14.1 Å². The standard InChI is InChI=1S/C38H75NO4/c1-6-9-12-15-16-17-18-19-20-21-24-27-31-36(43-37(40)32-28-33-39(4)5)34-42-38(41)35(29-25-22-13-10-7-2)30-26-23-14-11-8-3/h35-36H,6-34H2,1-5H3. The number of hydrogen-bond acceptors (Lipinski definition) is 5. The molecule has 0 fully saturated rings. The lowest BCUT2D eigenvalue weighted by atomic mass is 9.94. The van der Waals surface area contributed by atoms with E-state index in [2.05, 4.69) is 25.7 Å². The van der Waals surface area contributed by atoms with Gasteiger partial charge in [-0.2, -0.15) is 0 Å². The normalized spacial score (nSPS) is 12.3. The average molecular weight is 610 g/mol. The molecule has 43 heavy (non-hydrogen) atoms. The summed E-state index contributed by atoms with van der Waals surface area (Å²) in [4.78, 5) is 27.9. The Kier molecular flexibility index (Phi) is 31.5. The second kappa shape index (κ2) is 32.3.